The molecule has 2 nitrogen and oxygen atoms in total. The second-order valence-corrected chi connectivity index (χ2v) is 4.71. The Morgan fingerprint density at radius 1 is 1.11 bits per heavy atom. The molecule has 0 aliphatic carbocycles. The lowest BCUT2D eigenvalue weighted by Crippen LogP contribution is -2.07. The minimum Gasteiger partial charge on any atom is -0.398 e. The number of nitrogens with two attached hydrogens (primary N) is 1. The van der Waals surface area contributed by atoms with Crippen molar-refractivity contribution in [1.82, 2.24) is 0 Å². The van der Waals surface area contributed by atoms with Crippen LogP contribution in [0.4, 0.5) is 14.5 Å². The molecule has 0 radical (unpaired) electrons. The van der Waals surface area contributed by atoms with Crippen molar-refractivity contribution in [2.75, 3.05) is 5.73 Å². The van der Waals surface area contributed by atoms with Gasteiger partial charge in [-0.3, -0.25) is 0 Å². The van der Waals surface area contributed by atoms with Crippen LogP contribution in [0.3, 0.4) is 0 Å². The predicted molar refractivity (Wildman–Crippen MR) is 71.0 cm³/mol. The maximum absolute atomic E-state index is 13.8. The quantitative estimate of drug-likeness (QED) is 0.828. The third-order valence-electron chi connectivity index (χ3n) is 2.94. The standard InChI is InChI=1S/C14H12ClF2NO/c1-7-2-4-10(13(17)12(7)16)14(19)9-5-3-8(15)6-11(9)18/h2-6,14,19H,18H2,1H3. The van der Waals surface area contributed by atoms with Gasteiger partial charge in [-0.15, -0.1) is 0 Å². The molecule has 0 amide bonds. The second-order valence-electron chi connectivity index (χ2n) is 4.28. The molecule has 0 aliphatic rings. The van der Waals surface area contributed by atoms with Crippen molar-refractivity contribution in [1.29, 1.82) is 0 Å². The summed E-state index contributed by atoms with van der Waals surface area (Å²) in [6, 6.07) is 7.20. The zero-order valence-electron chi connectivity index (χ0n) is 10.1. The van der Waals surface area contributed by atoms with Crippen molar-refractivity contribution in [3.8, 4) is 0 Å². The number of aliphatic hydroxyl groups is 1. The van der Waals surface area contributed by atoms with E-state index in [-0.39, 0.29) is 22.4 Å². The Kier molecular flexibility index (Phi) is 3.73. The molecular formula is C14H12ClF2NO. The largest absolute Gasteiger partial charge is 0.398 e. The van der Waals surface area contributed by atoms with Gasteiger partial charge in [0.25, 0.3) is 0 Å². The summed E-state index contributed by atoms with van der Waals surface area (Å²) in [7, 11) is 0. The van der Waals surface area contributed by atoms with Gasteiger partial charge >= 0.3 is 0 Å². The number of aryl methyl sites for hydroxylation is 1. The van der Waals surface area contributed by atoms with Gasteiger partial charge in [-0.05, 0) is 24.6 Å². The van der Waals surface area contributed by atoms with Gasteiger partial charge in [0.15, 0.2) is 11.6 Å². The first-order valence-electron chi connectivity index (χ1n) is 5.59. The highest BCUT2D eigenvalue weighted by Crippen LogP contribution is 2.31. The van der Waals surface area contributed by atoms with Crippen molar-refractivity contribution < 1.29 is 13.9 Å². The summed E-state index contributed by atoms with van der Waals surface area (Å²) in [6.45, 7) is 1.45. The van der Waals surface area contributed by atoms with E-state index in [9.17, 15) is 13.9 Å². The van der Waals surface area contributed by atoms with Crippen molar-refractivity contribution in [3.63, 3.8) is 0 Å². The highest BCUT2D eigenvalue weighted by molar-refractivity contribution is 6.30. The van der Waals surface area contributed by atoms with Crippen molar-refractivity contribution in [3.05, 3.63) is 63.7 Å². The number of halogens is 3. The van der Waals surface area contributed by atoms with E-state index in [4.69, 9.17) is 17.3 Å². The van der Waals surface area contributed by atoms with Crippen LogP contribution < -0.4 is 5.73 Å². The van der Waals surface area contributed by atoms with Gasteiger partial charge < -0.3 is 10.8 Å². The Balaban J connectivity index is 2.50. The van der Waals surface area contributed by atoms with E-state index in [1.54, 1.807) is 0 Å². The molecule has 1 unspecified atom stereocenters. The Morgan fingerprint density at radius 2 is 1.74 bits per heavy atom. The lowest BCUT2D eigenvalue weighted by atomic mass is 9.98. The molecule has 0 aliphatic heterocycles. The topological polar surface area (TPSA) is 46.2 Å². The average molecular weight is 284 g/mol. The van der Waals surface area contributed by atoms with Gasteiger partial charge in [-0.2, -0.15) is 0 Å². The molecule has 0 fully saturated rings. The van der Waals surface area contributed by atoms with E-state index in [0.29, 0.717) is 5.02 Å². The minimum atomic E-state index is -1.34. The Morgan fingerprint density at radius 3 is 2.37 bits per heavy atom. The van der Waals surface area contributed by atoms with Crippen LogP contribution in [-0.4, -0.2) is 5.11 Å². The maximum atomic E-state index is 13.8. The van der Waals surface area contributed by atoms with Crippen LogP contribution >= 0.6 is 11.6 Å². The van der Waals surface area contributed by atoms with Crippen LogP contribution in [0.2, 0.25) is 5.02 Å². The second kappa shape index (κ2) is 5.15. The normalized spacial score (nSPS) is 12.5. The Bertz CT molecular complexity index is 631. The lowest BCUT2D eigenvalue weighted by Gasteiger charge is -2.15. The highest BCUT2D eigenvalue weighted by Gasteiger charge is 2.20. The summed E-state index contributed by atoms with van der Waals surface area (Å²) in [5, 5.41) is 10.5. The highest BCUT2D eigenvalue weighted by atomic mass is 35.5. The zero-order valence-corrected chi connectivity index (χ0v) is 10.9. The van der Waals surface area contributed by atoms with E-state index in [0.717, 1.165) is 0 Å². The first-order valence-corrected chi connectivity index (χ1v) is 5.97. The molecule has 5 heteroatoms. The number of aliphatic hydroxyl groups excluding tert-OH is 1. The van der Waals surface area contributed by atoms with E-state index in [2.05, 4.69) is 0 Å². The molecule has 0 bridgehead atoms. The molecule has 0 aromatic heterocycles. The molecule has 0 saturated heterocycles. The number of hydrogen-bond acceptors (Lipinski definition) is 2. The van der Waals surface area contributed by atoms with Crippen LogP contribution in [0.15, 0.2) is 30.3 Å². The van der Waals surface area contributed by atoms with Crippen molar-refractivity contribution >= 4 is 17.3 Å². The fourth-order valence-corrected chi connectivity index (χ4v) is 2.01. The van der Waals surface area contributed by atoms with Crippen LogP contribution in [0, 0.1) is 18.6 Å². The minimum absolute atomic E-state index is 0.155. The number of rotatable bonds is 2. The van der Waals surface area contributed by atoms with E-state index < -0.39 is 17.7 Å². The summed E-state index contributed by atoms with van der Waals surface area (Å²) in [5.74, 6) is -2.04. The Labute approximate surface area is 114 Å². The molecule has 2 aromatic carbocycles. The van der Waals surface area contributed by atoms with Crippen LogP contribution in [0.1, 0.15) is 22.8 Å². The van der Waals surface area contributed by atoms with E-state index in [1.807, 2.05) is 0 Å². The zero-order chi connectivity index (χ0) is 14.2. The molecular weight excluding hydrogens is 272 g/mol. The average Bonchev–Trinajstić information content (AvgIpc) is 2.35. The number of anilines is 1. The molecule has 2 aromatic rings. The predicted octanol–water partition coefficient (Wildman–Crippen LogP) is 3.59. The monoisotopic (exact) mass is 283 g/mol. The van der Waals surface area contributed by atoms with Gasteiger partial charge in [0.2, 0.25) is 0 Å². The van der Waals surface area contributed by atoms with Gasteiger partial charge in [-0.25, -0.2) is 8.78 Å². The van der Waals surface area contributed by atoms with E-state index >= 15 is 0 Å². The SMILES string of the molecule is Cc1ccc(C(O)c2ccc(Cl)cc2N)c(F)c1F. The molecule has 3 N–H and O–H groups in total. The summed E-state index contributed by atoms with van der Waals surface area (Å²) in [6.07, 6.45) is -1.34. The molecule has 0 spiro atoms. The van der Waals surface area contributed by atoms with Gasteiger partial charge in [0, 0.05) is 21.8 Å². The summed E-state index contributed by atoms with van der Waals surface area (Å²) in [4.78, 5) is 0. The lowest BCUT2D eigenvalue weighted by molar-refractivity contribution is 0.214. The Hall–Kier alpha value is -1.65. The van der Waals surface area contributed by atoms with Crippen LogP contribution in [0.25, 0.3) is 0 Å². The first kappa shape index (κ1) is 13.8. The fraction of sp³-hybridized carbons (Fsp3) is 0.143. The summed E-state index contributed by atoms with van der Waals surface area (Å²) >= 11 is 5.75. The summed E-state index contributed by atoms with van der Waals surface area (Å²) in [5.41, 5.74) is 6.25. The molecule has 0 heterocycles. The van der Waals surface area contributed by atoms with Crippen molar-refractivity contribution in [2.24, 2.45) is 0 Å². The number of benzene rings is 2. The summed E-state index contributed by atoms with van der Waals surface area (Å²) < 4.78 is 27.3. The number of nitrogen functional groups attached to an aromatic ring is 1. The van der Waals surface area contributed by atoms with Gasteiger partial charge in [-0.1, -0.05) is 29.8 Å². The molecule has 19 heavy (non-hydrogen) atoms. The first-order chi connectivity index (χ1) is 8.91. The van der Waals surface area contributed by atoms with Gasteiger partial charge in [0.05, 0.1) is 0 Å². The van der Waals surface area contributed by atoms with Crippen molar-refractivity contribution in [2.45, 2.75) is 13.0 Å². The van der Waals surface area contributed by atoms with Gasteiger partial charge in [0.1, 0.15) is 6.10 Å². The van der Waals surface area contributed by atoms with E-state index in [1.165, 1.54) is 37.3 Å². The fourth-order valence-electron chi connectivity index (χ4n) is 1.83. The number of hydrogen-bond donors (Lipinski definition) is 2. The molecule has 0 saturated carbocycles. The smallest absolute Gasteiger partial charge is 0.165 e. The van der Waals surface area contributed by atoms with Crippen LogP contribution in [-0.2, 0) is 0 Å². The maximum Gasteiger partial charge on any atom is 0.165 e. The third kappa shape index (κ3) is 2.55. The molecule has 1 atom stereocenters. The van der Waals surface area contributed by atoms with Crippen LogP contribution in [0.5, 0.6) is 0 Å². The molecule has 2 rings (SSSR count). The molecule has 100 valence electrons. The third-order valence-corrected chi connectivity index (χ3v) is 3.18.